The highest BCUT2D eigenvalue weighted by molar-refractivity contribution is 9.09. The van der Waals surface area contributed by atoms with E-state index in [1.165, 1.54) is 24.0 Å². The minimum Gasteiger partial charge on any atom is -0.459 e. The van der Waals surface area contributed by atoms with E-state index in [-0.39, 0.29) is 118 Å². The van der Waals surface area contributed by atoms with Gasteiger partial charge < -0.3 is 76.2 Å². The SMILES string of the molecule is CC(=O)O[C@@H](C)/C=C/C(=O)N[C@@H]1C[C@H](C)[C@H](C/C=C(C)/C=C/[C@H]2O[C@H](CC(=O)N3CCN(C(=O)OCc4ccc(NC(=O)[C@H](CCCNC(N)=O)NC(=O)[C@@H](NC(=O)CCCCCNC(=O)CBr)C(C)C)cc4)CC3)CC3(CO3)[C@@H]2O)O[C@@H]1C. The van der Waals surface area contributed by atoms with Crippen molar-refractivity contribution in [3.8, 4) is 0 Å². The summed E-state index contributed by atoms with van der Waals surface area (Å²) in [5.74, 6) is -2.52. The van der Waals surface area contributed by atoms with E-state index in [1.54, 1.807) is 56.0 Å². The van der Waals surface area contributed by atoms with Gasteiger partial charge in [0.05, 0.1) is 42.7 Å². The zero-order chi connectivity index (χ0) is 61.5. The molecule has 1 aromatic carbocycles. The Morgan fingerprint density at radius 2 is 1.56 bits per heavy atom. The van der Waals surface area contributed by atoms with E-state index in [1.807, 2.05) is 19.9 Å². The van der Waals surface area contributed by atoms with Gasteiger partial charge in [-0.15, -0.1) is 0 Å². The van der Waals surface area contributed by atoms with Crippen LogP contribution in [0.1, 0.15) is 118 Å². The number of nitrogens with two attached hydrogens (primary N) is 1. The summed E-state index contributed by atoms with van der Waals surface area (Å²) in [7, 11) is 0. The molecule has 24 nitrogen and oxygen atoms in total. The number of alkyl halides is 1. The molecule has 84 heavy (non-hydrogen) atoms. The number of primary amides is 1. The predicted octanol–water partition coefficient (Wildman–Crippen LogP) is 3.93. The van der Waals surface area contributed by atoms with Crippen molar-refractivity contribution in [3.05, 3.63) is 65.8 Å². The van der Waals surface area contributed by atoms with Gasteiger partial charge in [-0.1, -0.05) is 79.1 Å². The van der Waals surface area contributed by atoms with E-state index < -0.39 is 72.0 Å². The molecule has 0 radical (unpaired) electrons. The van der Waals surface area contributed by atoms with Crippen molar-refractivity contribution in [2.45, 2.75) is 180 Å². The van der Waals surface area contributed by atoms with Gasteiger partial charge in [-0.25, -0.2) is 9.59 Å². The molecule has 4 saturated heterocycles. The number of hydrogen-bond donors (Lipinski definition) is 8. The average Bonchev–Trinajstić information content (AvgIpc) is 2.67. The second-order valence-electron chi connectivity index (χ2n) is 22.5. The van der Waals surface area contributed by atoms with Gasteiger partial charge >= 0.3 is 18.1 Å². The van der Waals surface area contributed by atoms with E-state index in [0.29, 0.717) is 62.9 Å². The lowest BCUT2D eigenvalue weighted by molar-refractivity contribution is -0.152. The zero-order valence-corrected chi connectivity index (χ0v) is 51.1. The number of hydrogen-bond acceptors (Lipinski definition) is 15. The monoisotopic (exact) mass is 1240 g/mol. The number of amides is 9. The molecule has 4 fully saturated rings. The van der Waals surface area contributed by atoms with Crippen LogP contribution in [-0.4, -0.2) is 180 Å². The fraction of sp³-hybridized carbons (Fsp3) is 0.644. The molecule has 1 aromatic rings. The minimum absolute atomic E-state index is 0.0627. The largest absolute Gasteiger partial charge is 0.459 e. The number of anilines is 1. The number of urea groups is 1. The summed E-state index contributed by atoms with van der Waals surface area (Å²) >= 11 is 3.10. The van der Waals surface area contributed by atoms with E-state index >= 15 is 0 Å². The van der Waals surface area contributed by atoms with Gasteiger partial charge in [-0.05, 0) is 94.9 Å². The molecule has 0 aliphatic carbocycles. The van der Waals surface area contributed by atoms with Crippen LogP contribution in [0.3, 0.4) is 0 Å². The molecule has 0 bridgehead atoms. The van der Waals surface area contributed by atoms with E-state index in [2.05, 4.69) is 60.8 Å². The molecule has 4 aliphatic rings. The van der Waals surface area contributed by atoms with Crippen molar-refractivity contribution < 1.29 is 71.9 Å². The van der Waals surface area contributed by atoms with Crippen LogP contribution in [0, 0.1) is 11.8 Å². The molecule has 9 N–H and O–H groups in total. The number of allylic oxidation sites excluding steroid dienone is 2. The number of esters is 1. The van der Waals surface area contributed by atoms with Crippen LogP contribution in [-0.2, 0) is 63.9 Å². The van der Waals surface area contributed by atoms with Gasteiger partial charge in [0.1, 0.15) is 42.6 Å². The number of rotatable bonds is 29. The lowest BCUT2D eigenvalue weighted by Crippen LogP contribution is -2.54. The first-order chi connectivity index (χ1) is 39.9. The molecule has 1 unspecified atom stereocenters. The van der Waals surface area contributed by atoms with Crippen LogP contribution in [0.15, 0.2) is 60.2 Å². The van der Waals surface area contributed by atoms with E-state index in [4.69, 9.17) is 29.4 Å². The smallest absolute Gasteiger partial charge is 0.410 e. The number of unbranched alkanes of at least 4 members (excludes halogenated alkanes) is 2. The summed E-state index contributed by atoms with van der Waals surface area (Å²) in [6.45, 7) is 14.6. The van der Waals surface area contributed by atoms with Gasteiger partial charge in [0.2, 0.25) is 35.4 Å². The highest BCUT2D eigenvalue weighted by atomic mass is 79.9. The molecule has 5 rings (SSSR count). The van der Waals surface area contributed by atoms with Crippen molar-refractivity contribution in [1.29, 1.82) is 0 Å². The van der Waals surface area contributed by atoms with E-state index in [0.717, 1.165) is 12.0 Å². The molecular formula is C59H88BrN9O15. The lowest BCUT2D eigenvalue weighted by Gasteiger charge is -2.39. The Hall–Kier alpha value is -6.41. The maximum absolute atomic E-state index is 13.7. The van der Waals surface area contributed by atoms with Gasteiger partial charge in [0.15, 0.2) is 0 Å². The van der Waals surface area contributed by atoms with Gasteiger partial charge in [0, 0.05) is 70.8 Å². The first-order valence-electron chi connectivity index (χ1n) is 29.1. The van der Waals surface area contributed by atoms with Crippen LogP contribution in [0.5, 0.6) is 0 Å². The molecule has 0 saturated carbocycles. The third-order valence-corrected chi connectivity index (χ3v) is 15.7. The number of aliphatic hydroxyl groups excluding tert-OH is 1. The maximum atomic E-state index is 13.7. The van der Waals surface area contributed by atoms with Crippen molar-refractivity contribution in [2.75, 3.05) is 56.5 Å². The van der Waals surface area contributed by atoms with Crippen LogP contribution < -0.4 is 37.6 Å². The van der Waals surface area contributed by atoms with Crippen molar-refractivity contribution >= 4 is 75.2 Å². The standard InChI is InChI=1S/C59H88BrN9O15/c1-36(2)53(67-49(71)13-9-8-10-24-62-51(73)33-60)56(77)66-45(12-11-25-63-57(61)78)55(76)64-43-19-17-42(18-20-43)34-80-58(79)69-28-26-68(27-29-69)52(74)31-44-32-59(35-81-59)54(75)48(84-44)22-15-37(3)14-21-47-38(4)30-46(40(6)83-47)65-50(72)23-16-39(5)82-41(7)70/h14-20,22-23,36,38-40,44-48,53-54,75H,8-13,21,24-35H2,1-7H3,(H,62,73)(H,64,76)(H,65,72)(H,66,77)(H,67,71)(H3,61,63,78)/b22-15+,23-16+,37-14+/t38-,39-,40+,44+,45-,46+,47-,48+,53-,54+,59?/m0/s1. The normalized spacial score (nSPS) is 24.4. The van der Waals surface area contributed by atoms with Crippen molar-refractivity contribution in [2.24, 2.45) is 17.6 Å². The Labute approximate surface area is 501 Å². The highest BCUT2D eigenvalue weighted by Crippen LogP contribution is 2.43. The first kappa shape index (κ1) is 68.4. The van der Waals surface area contributed by atoms with E-state index in [9.17, 15) is 48.3 Å². The van der Waals surface area contributed by atoms with Crippen LogP contribution in [0.2, 0.25) is 0 Å². The highest BCUT2D eigenvalue weighted by Gasteiger charge is 2.58. The number of halogens is 1. The molecule has 9 amide bonds. The molecule has 0 aromatic heterocycles. The third kappa shape index (κ3) is 22.9. The van der Waals surface area contributed by atoms with Crippen LogP contribution in [0.25, 0.3) is 0 Å². The number of benzene rings is 1. The molecule has 1 spiro atoms. The number of aliphatic hydroxyl groups is 1. The minimum atomic E-state index is -1.04. The van der Waals surface area contributed by atoms with Gasteiger partial charge in [-0.2, -0.15) is 0 Å². The molecule has 25 heteroatoms. The summed E-state index contributed by atoms with van der Waals surface area (Å²) in [6, 6.07) is 3.75. The van der Waals surface area contributed by atoms with Gasteiger partial charge in [-0.3, -0.25) is 33.6 Å². The number of carbonyl (C=O) groups is 9. The summed E-state index contributed by atoms with van der Waals surface area (Å²) in [5.41, 5.74) is 6.41. The topological polar surface area (TPSA) is 328 Å². The number of ether oxygens (including phenoxy) is 5. The lowest BCUT2D eigenvalue weighted by atomic mass is 9.87. The quantitative estimate of drug-likeness (QED) is 0.0141. The maximum Gasteiger partial charge on any atom is 0.410 e. The first-order valence-corrected chi connectivity index (χ1v) is 30.3. The van der Waals surface area contributed by atoms with Crippen LogP contribution >= 0.6 is 15.9 Å². The average molecular weight is 1240 g/mol. The van der Waals surface area contributed by atoms with Crippen LogP contribution in [0.4, 0.5) is 15.3 Å². The zero-order valence-electron chi connectivity index (χ0n) is 49.5. The molecular weight excluding hydrogens is 1150 g/mol. The number of nitrogens with one attached hydrogen (secondary N) is 6. The number of epoxide rings is 1. The number of piperazine rings is 1. The number of carbonyl (C=O) groups excluding carboxylic acids is 9. The Morgan fingerprint density at radius 1 is 0.869 bits per heavy atom. The fourth-order valence-corrected chi connectivity index (χ4v) is 10.4. The Kier molecular flexibility index (Phi) is 27.6. The molecule has 466 valence electrons. The summed E-state index contributed by atoms with van der Waals surface area (Å²) < 4.78 is 29.1. The third-order valence-electron chi connectivity index (χ3n) is 15.2. The summed E-state index contributed by atoms with van der Waals surface area (Å²) in [6.07, 6.45) is 9.54. The Bertz CT molecular complexity index is 2500. The predicted molar refractivity (Wildman–Crippen MR) is 315 cm³/mol. The summed E-state index contributed by atoms with van der Waals surface area (Å²) in [5, 5.41) is 28.1. The number of nitrogens with zero attached hydrogens (tertiary/aromatic N) is 2. The fourth-order valence-electron chi connectivity index (χ4n) is 10.2. The van der Waals surface area contributed by atoms with Gasteiger partial charge in [0.25, 0.3) is 0 Å². The summed E-state index contributed by atoms with van der Waals surface area (Å²) in [4.78, 5) is 117. The van der Waals surface area contributed by atoms with Crippen molar-refractivity contribution in [3.63, 3.8) is 0 Å². The Balaban J connectivity index is 1.04. The second kappa shape index (κ2) is 33.9. The van der Waals surface area contributed by atoms with Crippen molar-refractivity contribution in [1.82, 2.24) is 36.4 Å². The molecule has 11 atom stereocenters. The second-order valence-corrected chi connectivity index (χ2v) is 23.1. The molecule has 4 aliphatic heterocycles. The Morgan fingerprint density at radius 3 is 2.21 bits per heavy atom. The molecule has 4 heterocycles.